The fraction of sp³-hybridized carbons (Fsp3) is 1.00. The summed E-state index contributed by atoms with van der Waals surface area (Å²) in [5.41, 5.74) is 6.38. The van der Waals surface area contributed by atoms with Crippen LogP contribution in [0.2, 0.25) is 0 Å². The van der Waals surface area contributed by atoms with Gasteiger partial charge < -0.3 is 10.6 Å². The van der Waals surface area contributed by atoms with Gasteiger partial charge in [-0.05, 0) is 56.9 Å². The summed E-state index contributed by atoms with van der Waals surface area (Å²) in [5.74, 6) is 2.58. The van der Waals surface area contributed by atoms with E-state index in [1.807, 2.05) is 0 Å². The van der Waals surface area contributed by atoms with E-state index < -0.39 is 0 Å². The highest BCUT2D eigenvalue weighted by atomic mass is 15.1. The Morgan fingerprint density at radius 3 is 2.44 bits per heavy atom. The summed E-state index contributed by atoms with van der Waals surface area (Å²) in [7, 11) is 0. The Hall–Kier alpha value is -0.0800. The SMILES string of the molecule is CCC(C)N(CC)CC1C2CCC(C2)C1N. The summed E-state index contributed by atoms with van der Waals surface area (Å²) in [5, 5.41) is 0. The second kappa shape index (κ2) is 5.05. The van der Waals surface area contributed by atoms with Crippen molar-refractivity contribution in [3.05, 3.63) is 0 Å². The normalized spacial score (nSPS) is 39.6. The van der Waals surface area contributed by atoms with Crippen LogP contribution in [0.1, 0.15) is 46.5 Å². The highest BCUT2D eigenvalue weighted by Gasteiger charge is 2.46. The van der Waals surface area contributed by atoms with Crippen LogP contribution in [0.25, 0.3) is 0 Å². The number of fused-ring (bicyclic) bond motifs is 2. The van der Waals surface area contributed by atoms with E-state index in [-0.39, 0.29) is 0 Å². The molecule has 0 aromatic rings. The first kappa shape index (κ1) is 12.4. The van der Waals surface area contributed by atoms with E-state index in [0.29, 0.717) is 6.04 Å². The molecule has 0 aromatic heterocycles. The molecular weight excluding hydrogens is 196 g/mol. The Balaban J connectivity index is 1.93. The van der Waals surface area contributed by atoms with Crippen LogP contribution >= 0.6 is 0 Å². The second-order valence-corrected chi connectivity index (χ2v) is 5.92. The molecule has 2 rings (SSSR count). The predicted octanol–water partition coefficient (Wildman–Crippen LogP) is 2.48. The fourth-order valence-corrected chi connectivity index (χ4v) is 3.88. The van der Waals surface area contributed by atoms with Gasteiger partial charge in [-0.15, -0.1) is 0 Å². The fourth-order valence-electron chi connectivity index (χ4n) is 3.88. The number of nitrogens with zero attached hydrogens (tertiary/aromatic N) is 1. The van der Waals surface area contributed by atoms with Crippen molar-refractivity contribution in [3.63, 3.8) is 0 Å². The minimum absolute atomic E-state index is 0.497. The van der Waals surface area contributed by atoms with Crippen LogP contribution in [-0.2, 0) is 0 Å². The zero-order valence-corrected chi connectivity index (χ0v) is 11.2. The molecule has 0 spiro atoms. The van der Waals surface area contributed by atoms with Crippen LogP contribution in [0.5, 0.6) is 0 Å². The lowest BCUT2D eigenvalue weighted by Gasteiger charge is -2.35. The standard InChI is InChI=1S/C14H28N2/c1-4-10(3)16(5-2)9-13-11-6-7-12(8-11)14(13)15/h10-14H,4-9,15H2,1-3H3. The lowest BCUT2D eigenvalue weighted by atomic mass is 9.84. The third-order valence-electron chi connectivity index (χ3n) is 5.22. The van der Waals surface area contributed by atoms with E-state index >= 15 is 0 Å². The molecule has 94 valence electrons. The molecule has 5 atom stereocenters. The zero-order chi connectivity index (χ0) is 11.7. The maximum Gasteiger partial charge on any atom is 0.0111 e. The third kappa shape index (κ3) is 2.14. The zero-order valence-electron chi connectivity index (χ0n) is 11.2. The number of rotatable bonds is 5. The van der Waals surface area contributed by atoms with Gasteiger partial charge in [0.15, 0.2) is 0 Å². The molecule has 0 aromatic carbocycles. The van der Waals surface area contributed by atoms with E-state index in [0.717, 1.165) is 23.8 Å². The van der Waals surface area contributed by atoms with Gasteiger partial charge in [-0.2, -0.15) is 0 Å². The molecule has 0 saturated heterocycles. The van der Waals surface area contributed by atoms with Crippen molar-refractivity contribution in [1.29, 1.82) is 0 Å². The summed E-state index contributed by atoms with van der Waals surface area (Å²) in [6, 6.07) is 1.22. The van der Waals surface area contributed by atoms with E-state index in [1.54, 1.807) is 0 Å². The first-order chi connectivity index (χ1) is 7.67. The first-order valence-electron chi connectivity index (χ1n) is 7.17. The molecule has 0 radical (unpaired) electrons. The van der Waals surface area contributed by atoms with Gasteiger partial charge in [0.05, 0.1) is 0 Å². The third-order valence-corrected chi connectivity index (χ3v) is 5.22. The molecule has 0 heterocycles. The van der Waals surface area contributed by atoms with Gasteiger partial charge >= 0.3 is 0 Å². The maximum absolute atomic E-state index is 6.38. The Kier molecular flexibility index (Phi) is 3.91. The van der Waals surface area contributed by atoms with Crippen LogP contribution in [0.3, 0.4) is 0 Å². The van der Waals surface area contributed by atoms with Crippen LogP contribution in [0, 0.1) is 17.8 Å². The van der Waals surface area contributed by atoms with Crippen LogP contribution in [-0.4, -0.2) is 30.1 Å². The van der Waals surface area contributed by atoms with Gasteiger partial charge in [-0.3, -0.25) is 0 Å². The smallest absolute Gasteiger partial charge is 0.0111 e. The average Bonchev–Trinajstić information content (AvgIpc) is 2.87. The van der Waals surface area contributed by atoms with Crippen LogP contribution in [0.15, 0.2) is 0 Å². The number of hydrogen-bond donors (Lipinski definition) is 1. The van der Waals surface area contributed by atoms with Gasteiger partial charge in [0.2, 0.25) is 0 Å². The molecule has 0 aliphatic heterocycles. The molecule has 2 fully saturated rings. The molecule has 2 saturated carbocycles. The first-order valence-corrected chi connectivity index (χ1v) is 7.17. The molecule has 2 heteroatoms. The second-order valence-electron chi connectivity index (χ2n) is 5.92. The summed E-state index contributed by atoms with van der Waals surface area (Å²) < 4.78 is 0. The Bertz CT molecular complexity index is 227. The average molecular weight is 224 g/mol. The Morgan fingerprint density at radius 1 is 1.25 bits per heavy atom. The van der Waals surface area contributed by atoms with Crippen molar-refractivity contribution < 1.29 is 0 Å². The molecular formula is C14H28N2. The van der Waals surface area contributed by atoms with Gasteiger partial charge in [0, 0.05) is 18.6 Å². The molecule has 2 aliphatic carbocycles. The number of nitrogens with two attached hydrogens (primary N) is 1. The minimum atomic E-state index is 0.497. The maximum atomic E-state index is 6.38. The Morgan fingerprint density at radius 2 is 1.94 bits per heavy atom. The van der Waals surface area contributed by atoms with E-state index in [2.05, 4.69) is 25.7 Å². The minimum Gasteiger partial charge on any atom is -0.327 e. The van der Waals surface area contributed by atoms with Crippen molar-refractivity contribution >= 4 is 0 Å². The topological polar surface area (TPSA) is 29.3 Å². The van der Waals surface area contributed by atoms with Gasteiger partial charge in [0.1, 0.15) is 0 Å². The van der Waals surface area contributed by atoms with E-state index in [9.17, 15) is 0 Å². The summed E-state index contributed by atoms with van der Waals surface area (Å²) in [6.45, 7) is 9.34. The van der Waals surface area contributed by atoms with Crippen molar-refractivity contribution in [1.82, 2.24) is 4.90 Å². The highest BCUT2D eigenvalue weighted by Crippen LogP contribution is 2.47. The van der Waals surface area contributed by atoms with Crippen molar-refractivity contribution in [3.8, 4) is 0 Å². The van der Waals surface area contributed by atoms with Gasteiger partial charge in [-0.1, -0.05) is 13.8 Å². The van der Waals surface area contributed by atoms with Crippen LogP contribution in [0.4, 0.5) is 0 Å². The summed E-state index contributed by atoms with van der Waals surface area (Å²) in [4.78, 5) is 2.63. The summed E-state index contributed by atoms with van der Waals surface area (Å²) in [6.07, 6.45) is 5.52. The van der Waals surface area contributed by atoms with Crippen molar-refractivity contribution in [2.75, 3.05) is 13.1 Å². The van der Waals surface area contributed by atoms with Gasteiger partial charge in [-0.25, -0.2) is 0 Å². The molecule has 0 amide bonds. The Labute approximate surface area is 101 Å². The van der Waals surface area contributed by atoms with Crippen molar-refractivity contribution in [2.45, 2.75) is 58.5 Å². The lowest BCUT2D eigenvalue weighted by molar-refractivity contribution is 0.142. The quantitative estimate of drug-likeness (QED) is 0.777. The molecule has 2 bridgehead atoms. The van der Waals surface area contributed by atoms with E-state index in [4.69, 9.17) is 5.73 Å². The monoisotopic (exact) mass is 224 g/mol. The molecule has 2 aliphatic rings. The molecule has 16 heavy (non-hydrogen) atoms. The lowest BCUT2D eigenvalue weighted by Crippen LogP contribution is -2.45. The predicted molar refractivity (Wildman–Crippen MR) is 69.3 cm³/mol. The number of hydrogen-bond acceptors (Lipinski definition) is 2. The van der Waals surface area contributed by atoms with E-state index in [1.165, 1.54) is 38.8 Å². The van der Waals surface area contributed by atoms with Gasteiger partial charge in [0.25, 0.3) is 0 Å². The van der Waals surface area contributed by atoms with Crippen molar-refractivity contribution in [2.24, 2.45) is 23.5 Å². The highest BCUT2D eigenvalue weighted by molar-refractivity contribution is 5.00. The molecule has 5 unspecified atom stereocenters. The largest absolute Gasteiger partial charge is 0.327 e. The molecule has 2 N–H and O–H groups in total. The molecule has 2 nitrogen and oxygen atoms in total. The van der Waals surface area contributed by atoms with Crippen LogP contribution < -0.4 is 5.73 Å². The summed E-state index contributed by atoms with van der Waals surface area (Å²) >= 11 is 0.